The zero-order valence-corrected chi connectivity index (χ0v) is 14.2. The normalized spacial score (nSPS) is 19.1. The molecule has 0 spiro atoms. The van der Waals surface area contributed by atoms with E-state index in [-0.39, 0.29) is 0 Å². The van der Waals surface area contributed by atoms with Gasteiger partial charge in [0.2, 0.25) is 0 Å². The number of nitrogens with zero attached hydrogens (tertiary/aromatic N) is 2. The molecule has 1 aliphatic heterocycles. The average molecular weight is 289 g/mol. The highest BCUT2D eigenvalue weighted by Crippen LogP contribution is 2.30. The zero-order valence-electron chi connectivity index (χ0n) is 14.2. The molecule has 0 unspecified atom stereocenters. The summed E-state index contributed by atoms with van der Waals surface area (Å²) in [5.74, 6) is 0.685. The Balaban J connectivity index is 1.83. The van der Waals surface area contributed by atoms with Gasteiger partial charge >= 0.3 is 0 Å². The maximum absolute atomic E-state index is 4.80. The van der Waals surface area contributed by atoms with Crippen molar-refractivity contribution in [2.75, 3.05) is 19.6 Å². The number of hydrogen-bond acceptors (Lipinski definition) is 3. The SMILES string of the molecule is CC(C)CNCc1cccc(CN2CCC(C)(C)CC2)n1. The van der Waals surface area contributed by atoms with E-state index in [1.807, 2.05) is 0 Å². The maximum atomic E-state index is 4.80. The Bertz CT molecular complexity index is 430. The second-order valence-corrected chi connectivity index (χ2v) is 7.59. The molecule has 1 fully saturated rings. The van der Waals surface area contributed by atoms with Crippen LogP contribution in [0.15, 0.2) is 18.2 Å². The van der Waals surface area contributed by atoms with Gasteiger partial charge in [-0.2, -0.15) is 0 Å². The van der Waals surface area contributed by atoms with Crippen molar-refractivity contribution in [1.29, 1.82) is 0 Å². The Hall–Kier alpha value is -0.930. The summed E-state index contributed by atoms with van der Waals surface area (Å²) in [7, 11) is 0. The van der Waals surface area contributed by atoms with E-state index in [4.69, 9.17) is 4.98 Å². The zero-order chi connectivity index (χ0) is 15.3. The summed E-state index contributed by atoms with van der Waals surface area (Å²) in [5.41, 5.74) is 2.89. The summed E-state index contributed by atoms with van der Waals surface area (Å²) in [5, 5.41) is 3.47. The average Bonchev–Trinajstić information content (AvgIpc) is 2.41. The first kappa shape index (κ1) is 16.4. The molecule has 0 bridgehead atoms. The maximum Gasteiger partial charge on any atom is 0.0547 e. The first-order valence-electron chi connectivity index (χ1n) is 8.32. The summed E-state index contributed by atoms with van der Waals surface area (Å²) in [6.07, 6.45) is 2.59. The molecule has 0 atom stereocenters. The van der Waals surface area contributed by atoms with Crippen LogP contribution in [0.1, 0.15) is 51.9 Å². The van der Waals surface area contributed by atoms with Crippen LogP contribution in [-0.2, 0) is 13.1 Å². The van der Waals surface area contributed by atoms with Crippen molar-refractivity contribution in [3.8, 4) is 0 Å². The van der Waals surface area contributed by atoms with Crippen molar-refractivity contribution in [1.82, 2.24) is 15.2 Å². The standard InChI is InChI=1S/C18H31N3/c1-15(2)12-19-13-16-6-5-7-17(20-16)14-21-10-8-18(3,4)9-11-21/h5-7,15,19H,8-14H2,1-4H3. The fourth-order valence-corrected chi connectivity index (χ4v) is 2.75. The molecule has 0 aromatic carbocycles. The lowest BCUT2D eigenvalue weighted by molar-refractivity contribution is 0.126. The Morgan fingerprint density at radius 2 is 1.86 bits per heavy atom. The minimum atomic E-state index is 0.520. The smallest absolute Gasteiger partial charge is 0.0547 e. The van der Waals surface area contributed by atoms with Crippen molar-refractivity contribution >= 4 is 0 Å². The second kappa shape index (κ2) is 7.37. The van der Waals surface area contributed by atoms with Gasteiger partial charge in [0, 0.05) is 13.1 Å². The van der Waals surface area contributed by atoms with Crippen molar-refractivity contribution < 1.29 is 0 Å². The fourth-order valence-electron chi connectivity index (χ4n) is 2.75. The second-order valence-electron chi connectivity index (χ2n) is 7.59. The largest absolute Gasteiger partial charge is 0.311 e. The van der Waals surface area contributed by atoms with Gasteiger partial charge in [0.1, 0.15) is 0 Å². The predicted octanol–water partition coefficient (Wildman–Crippen LogP) is 3.45. The van der Waals surface area contributed by atoms with Gasteiger partial charge in [-0.3, -0.25) is 9.88 Å². The van der Waals surface area contributed by atoms with Crippen molar-refractivity contribution in [2.24, 2.45) is 11.3 Å². The van der Waals surface area contributed by atoms with Gasteiger partial charge in [-0.25, -0.2) is 0 Å². The molecule has 1 aromatic heterocycles. The molecule has 2 heterocycles. The molecule has 1 aromatic rings. The molecule has 21 heavy (non-hydrogen) atoms. The van der Waals surface area contributed by atoms with Crippen LogP contribution in [0.4, 0.5) is 0 Å². The minimum Gasteiger partial charge on any atom is -0.311 e. The Morgan fingerprint density at radius 3 is 2.52 bits per heavy atom. The van der Waals surface area contributed by atoms with Crippen molar-refractivity contribution in [2.45, 2.75) is 53.6 Å². The van der Waals surface area contributed by atoms with E-state index in [0.717, 1.165) is 25.3 Å². The molecule has 1 N–H and O–H groups in total. The van der Waals surface area contributed by atoms with E-state index >= 15 is 0 Å². The third kappa shape index (κ3) is 5.76. The molecule has 2 rings (SSSR count). The fraction of sp³-hybridized carbons (Fsp3) is 0.722. The van der Waals surface area contributed by atoms with E-state index < -0.39 is 0 Å². The van der Waals surface area contributed by atoms with Gasteiger partial charge in [0.15, 0.2) is 0 Å². The van der Waals surface area contributed by atoms with Gasteiger partial charge in [-0.05, 0) is 55.9 Å². The number of piperidine rings is 1. The Kier molecular flexibility index (Phi) is 5.77. The predicted molar refractivity (Wildman–Crippen MR) is 89.1 cm³/mol. The molecule has 0 aliphatic carbocycles. The number of likely N-dealkylation sites (tertiary alicyclic amines) is 1. The van der Waals surface area contributed by atoms with Crippen LogP contribution in [0, 0.1) is 11.3 Å². The lowest BCUT2D eigenvalue weighted by atomic mass is 9.83. The first-order chi connectivity index (χ1) is 9.94. The topological polar surface area (TPSA) is 28.2 Å². The molecule has 118 valence electrons. The van der Waals surface area contributed by atoms with E-state index in [1.54, 1.807) is 0 Å². The number of aromatic nitrogens is 1. The minimum absolute atomic E-state index is 0.520. The quantitative estimate of drug-likeness (QED) is 0.869. The molecular weight excluding hydrogens is 258 g/mol. The van der Waals surface area contributed by atoms with Gasteiger partial charge in [0.25, 0.3) is 0 Å². The lowest BCUT2D eigenvalue weighted by Crippen LogP contribution is -2.37. The molecule has 3 heteroatoms. The summed E-state index contributed by atoms with van der Waals surface area (Å²) in [6, 6.07) is 6.42. The van der Waals surface area contributed by atoms with Crippen LogP contribution in [-0.4, -0.2) is 29.5 Å². The van der Waals surface area contributed by atoms with Crippen LogP contribution >= 0.6 is 0 Å². The Labute approximate surface area is 130 Å². The molecule has 0 radical (unpaired) electrons. The van der Waals surface area contributed by atoms with Crippen LogP contribution in [0.25, 0.3) is 0 Å². The van der Waals surface area contributed by atoms with Crippen LogP contribution in [0.5, 0.6) is 0 Å². The van der Waals surface area contributed by atoms with Gasteiger partial charge < -0.3 is 5.32 Å². The number of hydrogen-bond donors (Lipinski definition) is 1. The number of rotatable bonds is 6. The Morgan fingerprint density at radius 1 is 1.19 bits per heavy atom. The molecule has 0 saturated carbocycles. The summed E-state index contributed by atoms with van der Waals surface area (Å²) >= 11 is 0. The highest BCUT2D eigenvalue weighted by atomic mass is 15.1. The third-order valence-electron chi connectivity index (χ3n) is 4.32. The van der Waals surface area contributed by atoms with E-state index in [1.165, 1.54) is 31.6 Å². The van der Waals surface area contributed by atoms with E-state index in [9.17, 15) is 0 Å². The third-order valence-corrected chi connectivity index (χ3v) is 4.32. The monoisotopic (exact) mass is 289 g/mol. The summed E-state index contributed by atoms with van der Waals surface area (Å²) < 4.78 is 0. The lowest BCUT2D eigenvalue weighted by Gasteiger charge is -2.36. The molecule has 1 saturated heterocycles. The van der Waals surface area contributed by atoms with E-state index in [2.05, 4.69) is 56.1 Å². The first-order valence-corrected chi connectivity index (χ1v) is 8.32. The van der Waals surface area contributed by atoms with Crippen LogP contribution in [0.2, 0.25) is 0 Å². The van der Waals surface area contributed by atoms with Crippen molar-refractivity contribution in [3.05, 3.63) is 29.6 Å². The van der Waals surface area contributed by atoms with Crippen LogP contribution in [0.3, 0.4) is 0 Å². The van der Waals surface area contributed by atoms with Gasteiger partial charge in [-0.1, -0.05) is 33.8 Å². The summed E-state index contributed by atoms with van der Waals surface area (Å²) in [6.45, 7) is 14.5. The summed E-state index contributed by atoms with van der Waals surface area (Å²) in [4.78, 5) is 7.34. The highest BCUT2D eigenvalue weighted by molar-refractivity contribution is 5.11. The van der Waals surface area contributed by atoms with Gasteiger partial charge in [0.05, 0.1) is 11.4 Å². The molecule has 0 amide bonds. The molecule has 1 aliphatic rings. The highest BCUT2D eigenvalue weighted by Gasteiger charge is 2.25. The van der Waals surface area contributed by atoms with Crippen molar-refractivity contribution in [3.63, 3.8) is 0 Å². The van der Waals surface area contributed by atoms with E-state index in [0.29, 0.717) is 11.3 Å². The van der Waals surface area contributed by atoms with Gasteiger partial charge in [-0.15, -0.1) is 0 Å². The molecular formula is C18H31N3. The van der Waals surface area contributed by atoms with Crippen LogP contribution < -0.4 is 5.32 Å². The number of nitrogens with one attached hydrogen (secondary N) is 1. The number of pyridine rings is 1. The molecule has 3 nitrogen and oxygen atoms in total.